The summed E-state index contributed by atoms with van der Waals surface area (Å²) in [6, 6.07) is 2.85. The summed E-state index contributed by atoms with van der Waals surface area (Å²) in [5.41, 5.74) is 4.91. The van der Waals surface area contributed by atoms with Crippen molar-refractivity contribution in [1.29, 1.82) is 0 Å². The minimum atomic E-state index is -4.41. The second-order valence-corrected chi connectivity index (χ2v) is 8.17. The minimum absolute atomic E-state index is 0.0122. The third kappa shape index (κ3) is 3.68. The molecule has 4 N–H and O–H groups in total. The zero-order valence-corrected chi connectivity index (χ0v) is 17.1. The lowest BCUT2D eigenvalue weighted by atomic mass is 10.1. The Bertz CT molecular complexity index is 1430. The van der Waals surface area contributed by atoms with E-state index in [1.54, 1.807) is 0 Å². The van der Waals surface area contributed by atoms with Gasteiger partial charge in [-0.15, -0.1) is 0 Å². The van der Waals surface area contributed by atoms with E-state index in [1.807, 2.05) is 4.72 Å². The first-order valence-corrected chi connectivity index (χ1v) is 10.2. The Labute approximate surface area is 178 Å². The highest BCUT2D eigenvalue weighted by Crippen LogP contribution is 2.32. The van der Waals surface area contributed by atoms with Gasteiger partial charge in [-0.1, -0.05) is 11.6 Å². The summed E-state index contributed by atoms with van der Waals surface area (Å²) in [5, 5.41) is 0.0122. The number of H-pyrrole nitrogens is 1. The van der Waals surface area contributed by atoms with E-state index in [9.17, 15) is 12.8 Å². The van der Waals surface area contributed by atoms with Crippen molar-refractivity contribution in [3.05, 3.63) is 47.4 Å². The molecule has 4 aromatic rings. The van der Waals surface area contributed by atoms with Crippen LogP contribution in [0.1, 0.15) is 0 Å². The summed E-state index contributed by atoms with van der Waals surface area (Å²) >= 11 is 5.82. The maximum atomic E-state index is 15.2. The largest absolute Gasteiger partial charge is 0.480 e. The third-order valence-electron chi connectivity index (χ3n) is 4.13. The molecule has 0 aliphatic carbocycles. The molecule has 0 bridgehead atoms. The average Bonchev–Trinajstić information content (AvgIpc) is 3.19. The fourth-order valence-corrected chi connectivity index (χ4v) is 4.19. The summed E-state index contributed by atoms with van der Waals surface area (Å²) in [6.45, 7) is 0. The van der Waals surface area contributed by atoms with Gasteiger partial charge >= 0.3 is 0 Å². The fourth-order valence-electron chi connectivity index (χ4n) is 2.76. The van der Waals surface area contributed by atoms with Gasteiger partial charge in [0.25, 0.3) is 10.0 Å². The Hall–Kier alpha value is -3.58. The molecule has 3 aromatic heterocycles. The summed E-state index contributed by atoms with van der Waals surface area (Å²) < 4.78 is 62.2. The van der Waals surface area contributed by atoms with Crippen LogP contribution in [0.5, 0.6) is 5.88 Å². The highest BCUT2D eigenvalue weighted by Gasteiger charge is 2.26. The number of nitrogens with zero attached hydrogens (tertiary/aromatic N) is 4. The number of anilines is 2. The molecule has 1 aromatic carbocycles. The van der Waals surface area contributed by atoms with Gasteiger partial charge in [0, 0.05) is 6.20 Å². The van der Waals surface area contributed by atoms with Gasteiger partial charge in [0.1, 0.15) is 11.3 Å². The minimum Gasteiger partial charge on any atom is -0.480 e. The number of nitrogens with one attached hydrogen (secondary N) is 2. The molecule has 0 aliphatic rings. The molecule has 0 saturated heterocycles. The standard InChI is InChI=1S/C17H12ClF2N7O3S/c1-30-17-10(4-7(18)5-22-17)31(28,29)27-9-3-2-8(19)11(12(9)20)15-25-14(21)13-16(26-15)24-6-23-13/h2-6,27H,1H3,(H3,21,23,24,25,26). The molecule has 0 fully saturated rings. The van der Waals surface area contributed by atoms with Crippen LogP contribution in [0, 0.1) is 11.6 Å². The van der Waals surface area contributed by atoms with Crippen molar-refractivity contribution in [1.82, 2.24) is 24.9 Å². The number of hydrogen-bond acceptors (Lipinski definition) is 8. The van der Waals surface area contributed by atoms with Crippen molar-refractivity contribution < 1.29 is 21.9 Å². The zero-order chi connectivity index (χ0) is 22.3. The molecule has 31 heavy (non-hydrogen) atoms. The molecule has 0 unspecified atom stereocenters. The molecule has 14 heteroatoms. The van der Waals surface area contributed by atoms with Crippen LogP contribution in [0.15, 0.2) is 35.6 Å². The number of sulfonamides is 1. The second-order valence-electron chi connectivity index (χ2n) is 6.08. The molecule has 0 radical (unpaired) electrons. The van der Waals surface area contributed by atoms with Gasteiger partial charge in [-0.2, -0.15) is 0 Å². The number of fused-ring (bicyclic) bond motifs is 1. The van der Waals surface area contributed by atoms with Crippen LogP contribution in [0.2, 0.25) is 5.02 Å². The molecule has 10 nitrogen and oxygen atoms in total. The number of benzene rings is 1. The molecule has 0 amide bonds. The number of aromatic amines is 1. The zero-order valence-electron chi connectivity index (χ0n) is 15.5. The third-order valence-corrected chi connectivity index (χ3v) is 5.70. The first-order valence-electron chi connectivity index (χ1n) is 8.38. The lowest BCUT2D eigenvalue weighted by Gasteiger charge is -2.13. The first-order chi connectivity index (χ1) is 14.7. The first kappa shape index (κ1) is 20.7. The quantitative estimate of drug-likeness (QED) is 0.405. The Morgan fingerprint density at radius 3 is 2.74 bits per heavy atom. The van der Waals surface area contributed by atoms with Gasteiger partial charge in [0.2, 0.25) is 5.88 Å². The number of halogens is 3. The van der Waals surface area contributed by atoms with Crippen LogP contribution in [-0.2, 0) is 10.0 Å². The van der Waals surface area contributed by atoms with E-state index in [0.29, 0.717) is 0 Å². The van der Waals surface area contributed by atoms with Gasteiger partial charge < -0.3 is 15.5 Å². The summed E-state index contributed by atoms with van der Waals surface area (Å²) in [4.78, 5) is 17.8. The van der Waals surface area contributed by atoms with Gasteiger partial charge in [-0.3, -0.25) is 4.72 Å². The number of nitrogen functional groups attached to an aromatic ring is 1. The number of nitrogens with two attached hydrogens (primary N) is 1. The monoisotopic (exact) mass is 467 g/mol. The number of methoxy groups -OCH3 is 1. The summed E-state index contributed by atoms with van der Waals surface area (Å²) in [7, 11) is -3.21. The van der Waals surface area contributed by atoms with Crippen molar-refractivity contribution in [2.24, 2.45) is 0 Å². The highest BCUT2D eigenvalue weighted by atomic mass is 35.5. The topological polar surface area (TPSA) is 149 Å². The number of rotatable bonds is 5. The molecule has 0 spiro atoms. The number of hydrogen-bond donors (Lipinski definition) is 3. The van der Waals surface area contributed by atoms with Gasteiger partial charge in [-0.25, -0.2) is 37.1 Å². The molecule has 0 saturated carbocycles. The molecular formula is C17H12ClF2N7O3S. The summed E-state index contributed by atoms with van der Waals surface area (Å²) in [6.07, 6.45) is 2.48. The van der Waals surface area contributed by atoms with E-state index >= 15 is 4.39 Å². The van der Waals surface area contributed by atoms with Crippen molar-refractivity contribution >= 4 is 44.3 Å². The number of ether oxygens (including phenoxy) is 1. The van der Waals surface area contributed by atoms with E-state index in [2.05, 4.69) is 24.9 Å². The van der Waals surface area contributed by atoms with E-state index in [-0.39, 0.29) is 27.9 Å². The predicted molar refractivity (Wildman–Crippen MR) is 108 cm³/mol. The number of pyridine rings is 1. The van der Waals surface area contributed by atoms with Crippen LogP contribution in [-0.4, -0.2) is 40.4 Å². The lowest BCUT2D eigenvalue weighted by molar-refractivity contribution is 0.385. The number of imidazole rings is 1. The second kappa shape index (κ2) is 7.59. The highest BCUT2D eigenvalue weighted by molar-refractivity contribution is 7.92. The molecule has 0 aliphatic heterocycles. The van der Waals surface area contributed by atoms with E-state index in [4.69, 9.17) is 22.1 Å². The Morgan fingerprint density at radius 1 is 1.23 bits per heavy atom. The Morgan fingerprint density at radius 2 is 2.00 bits per heavy atom. The molecule has 0 atom stereocenters. The molecule has 160 valence electrons. The predicted octanol–water partition coefficient (Wildman–Crippen LogP) is 2.74. The van der Waals surface area contributed by atoms with Crippen LogP contribution < -0.4 is 15.2 Å². The van der Waals surface area contributed by atoms with Crippen molar-refractivity contribution in [2.45, 2.75) is 4.90 Å². The van der Waals surface area contributed by atoms with E-state index in [0.717, 1.165) is 18.2 Å². The Balaban J connectivity index is 1.82. The van der Waals surface area contributed by atoms with Gasteiger partial charge in [0.05, 0.1) is 29.7 Å². The van der Waals surface area contributed by atoms with Crippen molar-refractivity contribution in [2.75, 3.05) is 17.6 Å². The number of aromatic nitrogens is 5. The molecule has 3 heterocycles. The van der Waals surface area contributed by atoms with Crippen LogP contribution >= 0.6 is 11.6 Å². The van der Waals surface area contributed by atoms with Crippen LogP contribution in [0.4, 0.5) is 20.3 Å². The van der Waals surface area contributed by atoms with Gasteiger partial charge in [0.15, 0.2) is 28.0 Å². The summed E-state index contributed by atoms with van der Waals surface area (Å²) in [5.74, 6) is -3.05. The van der Waals surface area contributed by atoms with E-state index in [1.165, 1.54) is 19.6 Å². The SMILES string of the molecule is COc1ncc(Cl)cc1S(=O)(=O)Nc1ccc(F)c(-c2nc(N)c3nc[nH]c3n2)c1F. The Kier molecular flexibility index (Phi) is 5.07. The van der Waals surface area contributed by atoms with Crippen LogP contribution in [0.3, 0.4) is 0 Å². The smallest absolute Gasteiger partial charge is 0.267 e. The maximum Gasteiger partial charge on any atom is 0.267 e. The lowest BCUT2D eigenvalue weighted by Crippen LogP contribution is -2.16. The normalized spacial score (nSPS) is 11.6. The maximum absolute atomic E-state index is 15.2. The van der Waals surface area contributed by atoms with E-state index < -0.39 is 43.6 Å². The van der Waals surface area contributed by atoms with Gasteiger partial charge in [-0.05, 0) is 18.2 Å². The van der Waals surface area contributed by atoms with Crippen molar-refractivity contribution in [3.63, 3.8) is 0 Å². The molecule has 4 rings (SSSR count). The average molecular weight is 468 g/mol. The fraction of sp³-hybridized carbons (Fsp3) is 0.0588. The van der Waals surface area contributed by atoms with Crippen LogP contribution in [0.25, 0.3) is 22.6 Å². The molecular weight excluding hydrogens is 456 g/mol. The van der Waals surface area contributed by atoms with Crippen molar-refractivity contribution in [3.8, 4) is 17.3 Å².